The Morgan fingerprint density at radius 2 is 1.75 bits per heavy atom. The zero-order valence-corrected chi connectivity index (χ0v) is 8.23. The molecule has 0 aliphatic carbocycles. The third-order valence-electron chi connectivity index (χ3n) is 2.19. The van der Waals surface area contributed by atoms with Crippen molar-refractivity contribution < 1.29 is 9.90 Å². The normalized spacial score (nSPS) is 35.3. The van der Waals surface area contributed by atoms with Gasteiger partial charge in [-0.2, -0.15) is 0 Å². The molecule has 1 fully saturated rings. The molecule has 3 nitrogen and oxygen atoms in total. The Bertz CT molecular complexity index is 153. The number of piperidine rings is 1. The van der Waals surface area contributed by atoms with Gasteiger partial charge in [-0.15, -0.1) is 12.4 Å². The van der Waals surface area contributed by atoms with E-state index in [4.69, 9.17) is 5.11 Å². The summed E-state index contributed by atoms with van der Waals surface area (Å²) in [7, 11) is 0. The van der Waals surface area contributed by atoms with E-state index in [1.54, 1.807) is 0 Å². The Morgan fingerprint density at radius 1 is 1.33 bits per heavy atom. The number of aliphatic carboxylic acids is 1. The first-order valence-corrected chi connectivity index (χ1v) is 4.08. The number of halogens is 1. The highest BCUT2D eigenvalue weighted by Crippen LogP contribution is 2.19. The Labute approximate surface area is 78.9 Å². The second-order valence-corrected chi connectivity index (χ2v) is 3.48. The van der Waals surface area contributed by atoms with Gasteiger partial charge in [0.05, 0.1) is 5.92 Å². The molecule has 1 aliphatic rings. The number of nitrogens with one attached hydrogen (secondary N) is 1. The molecule has 1 rings (SSSR count). The van der Waals surface area contributed by atoms with Gasteiger partial charge in [-0.1, -0.05) is 0 Å². The van der Waals surface area contributed by atoms with Crippen molar-refractivity contribution >= 4 is 18.4 Å². The predicted molar refractivity (Wildman–Crippen MR) is 49.7 cm³/mol. The second-order valence-electron chi connectivity index (χ2n) is 3.48. The van der Waals surface area contributed by atoms with Gasteiger partial charge < -0.3 is 10.4 Å². The summed E-state index contributed by atoms with van der Waals surface area (Å²) in [6.45, 7) is 4.07. The van der Waals surface area contributed by atoms with Gasteiger partial charge in [-0.05, 0) is 26.7 Å². The van der Waals surface area contributed by atoms with Crippen molar-refractivity contribution in [3.05, 3.63) is 0 Å². The van der Waals surface area contributed by atoms with Crippen LogP contribution in [-0.2, 0) is 4.79 Å². The van der Waals surface area contributed by atoms with Gasteiger partial charge in [0.15, 0.2) is 0 Å². The zero-order chi connectivity index (χ0) is 8.43. The molecule has 1 saturated heterocycles. The van der Waals surface area contributed by atoms with Crippen LogP contribution in [0.4, 0.5) is 0 Å². The largest absolute Gasteiger partial charge is 0.481 e. The molecule has 0 aromatic carbocycles. The third-order valence-corrected chi connectivity index (χ3v) is 2.19. The molecular formula is C8H16ClNO2. The molecule has 0 saturated carbocycles. The van der Waals surface area contributed by atoms with Gasteiger partial charge >= 0.3 is 5.97 Å². The Morgan fingerprint density at radius 3 is 2.08 bits per heavy atom. The number of rotatable bonds is 1. The molecule has 0 amide bonds. The third kappa shape index (κ3) is 2.99. The van der Waals surface area contributed by atoms with Gasteiger partial charge in [0, 0.05) is 12.1 Å². The van der Waals surface area contributed by atoms with Crippen LogP contribution in [0.3, 0.4) is 0 Å². The van der Waals surface area contributed by atoms with Gasteiger partial charge in [-0.3, -0.25) is 4.79 Å². The lowest BCUT2D eigenvalue weighted by Crippen LogP contribution is -2.44. The Kier molecular flexibility index (Phi) is 4.57. The number of carboxylic acid groups (broad SMARTS) is 1. The lowest BCUT2D eigenvalue weighted by Gasteiger charge is -2.30. The van der Waals surface area contributed by atoms with Gasteiger partial charge in [0.2, 0.25) is 0 Å². The Balaban J connectivity index is 0.00000121. The highest BCUT2D eigenvalue weighted by molar-refractivity contribution is 5.85. The molecule has 4 heteroatoms. The SMILES string of the molecule is CC1CC(C(=O)O)CC(C)N1.Cl. The van der Waals surface area contributed by atoms with Crippen molar-refractivity contribution in [3.63, 3.8) is 0 Å². The summed E-state index contributed by atoms with van der Waals surface area (Å²) in [4.78, 5) is 10.6. The van der Waals surface area contributed by atoms with E-state index in [-0.39, 0.29) is 18.3 Å². The fourth-order valence-corrected chi connectivity index (χ4v) is 1.77. The molecule has 2 atom stereocenters. The van der Waals surface area contributed by atoms with Crippen LogP contribution in [0.5, 0.6) is 0 Å². The monoisotopic (exact) mass is 193 g/mol. The average molecular weight is 194 g/mol. The zero-order valence-electron chi connectivity index (χ0n) is 7.41. The minimum Gasteiger partial charge on any atom is -0.481 e. The van der Waals surface area contributed by atoms with Crippen molar-refractivity contribution in [3.8, 4) is 0 Å². The van der Waals surface area contributed by atoms with Crippen LogP contribution in [0, 0.1) is 5.92 Å². The maximum atomic E-state index is 10.6. The van der Waals surface area contributed by atoms with Crippen LogP contribution in [0.25, 0.3) is 0 Å². The number of carboxylic acids is 1. The summed E-state index contributed by atoms with van der Waals surface area (Å²) >= 11 is 0. The van der Waals surface area contributed by atoms with E-state index in [1.807, 2.05) is 13.8 Å². The maximum Gasteiger partial charge on any atom is 0.306 e. The molecule has 0 aromatic heterocycles. The quantitative estimate of drug-likeness (QED) is 0.660. The van der Waals surface area contributed by atoms with Gasteiger partial charge in [0.25, 0.3) is 0 Å². The van der Waals surface area contributed by atoms with E-state index in [9.17, 15) is 4.79 Å². The van der Waals surface area contributed by atoms with E-state index in [0.717, 1.165) is 12.8 Å². The standard InChI is InChI=1S/C8H15NO2.ClH/c1-5-3-7(8(10)11)4-6(2)9-5;/h5-7,9H,3-4H2,1-2H3,(H,10,11);1H. The molecule has 72 valence electrons. The molecule has 0 bridgehead atoms. The van der Waals surface area contributed by atoms with Crippen molar-refractivity contribution in [1.29, 1.82) is 0 Å². The highest BCUT2D eigenvalue weighted by Gasteiger charge is 2.27. The predicted octanol–water partition coefficient (Wildman–Crippen LogP) is 1.27. The van der Waals surface area contributed by atoms with Crippen LogP contribution in [0.1, 0.15) is 26.7 Å². The molecule has 1 aliphatic heterocycles. The first kappa shape index (κ1) is 11.7. The lowest BCUT2D eigenvalue weighted by atomic mass is 9.89. The summed E-state index contributed by atoms with van der Waals surface area (Å²) in [5.41, 5.74) is 0. The van der Waals surface area contributed by atoms with Crippen molar-refractivity contribution in [1.82, 2.24) is 5.32 Å². The van der Waals surface area contributed by atoms with Crippen molar-refractivity contribution in [2.45, 2.75) is 38.8 Å². The first-order valence-electron chi connectivity index (χ1n) is 4.08. The summed E-state index contributed by atoms with van der Waals surface area (Å²) < 4.78 is 0. The number of hydrogen-bond donors (Lipinski definition) is 2. The average Bonchev–Trinajstić information content (AvgIpc) is 1.85. The van der Waals surface area contributed by atoms with Crippen molar-refractivity contribution in [2.75, 3.05) is 0 Å². The summed E-state index contributed by atoms with van der Waals surface area (Å²) in [6.07, 6.45) is 1.53. The molecule has 2 N–H and O–H groups in total. The fraction of sp³-hybridized carbons (Fsp3) is 0.875. The topological polar surface area (TPSA) is 49.3 Å². The van der Waals surface area contributed by atoms with E-state index in [1.165, 1.54) is 0 Å². The minimum absolute atomic E-state index is 0. The number of hydrogen-bond acceptors (Lipinski definition) is 2. The summed E-state index contributed by atoms with van der Waals surface area (Å²) in [5, 5.41) is 12.0. The Hall–Kier alpha value is -0.280. The smallest absolute Gasteiger partial charge is 0.306 e. The molecule has 1 heterocycles. The molecule has 2 unspecified atom stereocenters. The van der Waals surface area contributed by atoms with Crippen LogP contribution in [-0.4, -0.2) is 23.2 Å². The molecule has 0 aromatic rings. The molecule has 0 spiro atoms. The van der Waals surface area contributed by atoms with Crippen LogP contribution in [0.15, 0.2) is 0 Å². The first-order chi connectivity index (χ1) is 5.09. The lowest BCUT2D eigenvalue weighted by molar-refractivity contribution is -0.143. The minimum atomic E-state index is -0.648. The van der Waals surface area contributed by atoms with Crippen LogP contribution in [0.2, 0.25) is 0 Å². The van der Waals surface area contributed by atoms with Crippen molar-refractivity contribution in [2.24, 2.45) is 5.92 Å². The molecule has 0 radical (unpaired) electrons. The maximum absolute atomic E-state index is 10.6. The molecule has 12 heavy (non-hydrogen) atoms. The van der Waals surface area contributed by atoms with Crippen LogP contribution >= 0.6 is 12.4 Å². The van der Waals surface area contributed by atoms with E-state index >= 15 is 0 Å². The van der Waals surface area contributed by atoms with E-state index in [2.05, 4.69) is 5.32 Å². The van der Waals surface area contributed by atoms with E-state index in [0.29, 0.717) is 12.1 Å². The highest BCUT2D eigenvalue weighted by atomic mass is 35.5. The van der Waals surface area contributed by atoms with E-state index < -0.39 is 5.97 Å². The summed E-state index contributed by atoms with van der Waals surface area (Å²) in [5.74, 6) is -0.786. The summed E-state index contributed by atoms with van der Waals surface area (Å²) in [6, 6.07) is 0.694. The molecular weight excluding hydrogens is 178 g/mol. The fourth-order valence-electron chi connectivity index (χ4n) is 1.77. The van der Waals surface area contributed by atoms with Gasteiger partial charge in [0.1, 0.15) is 0 Å². The number of carbonyl (C=O) groups is 1. The van der Waals surface area contributed by atoms with Gasteiger partial charge in [-0.25, -0.2) is 0 Å². The van der Waals surface area contributed by atoms with Crippen LogP contribution < -0.4 is 5.32 Å². The second kappa shape index (κ2) is 4.67.